The van der Waals surface area contributed by atoms with E-state index in [0.29, 0.717) is 0 Å². The highest BCUT2D eigenvalue weighted by Crippen LogP contribution is 2.27. The van der Waals surface area contributed by atoms with Crippen LogP contribution in [-0.2, 0) is 10.3 Å². The van der Waals surface area contributed by atoms with Crippen molar-refractivity contribution in [2.45, 2.75) is 12.5 Å². The third-order valence-corrected chi connectivity index (χ3v) is 2.87. The molecule has 1 aliphatic rings. The van der Waals surface area contributed by atoms with E-state index in [1.54, 1.807) is 0 Å². The third kappa shape index (κ3) is 1.92. The third-order valence-electron chi connectivity index (χ3n) is 2.62. The lowest BCUT2D eigenvalue weighted by Crippen LogP contribution is -2.45. The second-order valence-electron chi connectivity index (χ2n) is 3.76. The summed E-state index contributed by atoms with van der Waals surface area (Å²) in [6.45, 7) is 4.65. The van der Waals surface area contributed by atoms with Crippen LogP contribution in [-0.4, -0.2) is 19.7 Å². The van der Waals surface area contributed by atoms with Gasteiger partial charge in [0.25, 0.3) is 0 Å². The van der Waals surface area contributed by atoms with Gasteiger partial charge in [-0.2, -0.15) is 0 Å². The highest BCUT2D eigenvalue weighted by molar-refractivity contribution is 6.30. The van der Waals surface area contributed by atoms with Gasteiger partial charge in [-0.15, -0.1) is 0 Å². The minimum atomic E-state index is -0.206. The predicted octanol–water partition coefficient (Wildman–Crippen LogP) is 2.17. The number of hydrogen-bond donors (Lipinski definition) is 1. The van der Waals surface area contributed by atoms with Crippen LogP contribution in [0, 0.1) is 0 Å². The van der Waals surface area contributed by atoms with Crippen molar-refractivity contribution in [2.24, 2.45) is 0 Å². The van der Waals surface area contributed by atoms with Gasteiger partial charge < -0.3 is 10.1 Å². The number of halogens is 1. The molecule has 1 aromatic carbocycles. The van der Waals surface area contributed by atoms with Crippen LogP contribution in [0.1, 0.15) is 12.5 Å². The molecule has 2 nitrogen and oxygen atoms in total. The number of nitrogens with one attached hydrogen (secondary N) is 1. The maximum atomic E-state index is 5.84. The van der Waals surface area contributed by atoms with E-state index in [4.69, 9.17) is 16.3 Å². The van der Waals surface area contributed by atoms with Crippen molar-refractivity contribution in [1.82, 2.24) is 5.32 Å². The highest BCUT2D eigenvalue weighted by atomic mass is 35.5. The standard InChI is InChI=1S/C11H14ClNO/c1-11(8-13-6-7-14-11)9-2-4-10(12)5-3-9/h2-5,13H,6-8H2,1H3. The van der Waals surface area contributed by atoms with E-state index in [9.17, 15) is 0 Å². The smallest absolute Gasteiger partial charge is 0.103 e. The van der Waals surface area contributed by atoms with Gasteiger partial charge >= 0.3 is 0 Å². The molecule has 3 heteroatoms. The summed E-state index contributed by atoms with van der Waals surface area (Å²) in [6, 6.07) is 7.85. The lowest BCUT2D eigenvalue weighted by Gasteiger charge is -2.34. The molecule has 0 aliphatic carbocycles. The molecule has 0 radical (unpaired) electrons. The van der Waals surface area contributed by atoms with Crippen molar-refractivity contribution < 1.29 is 4.74 Å². The average Bonchev–Trinajstić information content (AvgIpc) is 2.19. The average molecular weight is 212 g/mol. The van der Waals surface area contributed by atoms with Gasteiger partial charge in [0.05, 0.1) is 6.61 Å². The molecular formula is C11H14ClNO. The van der Waals surface area contributed by atoms with Gasteiger partial charge in [-0.3, -0.25) is 0 Å². The van der Waals surface area contributed by atoms with Crippen LogP contribution >= 0.6 is 11.6 Å². The molecule has 1 unspecified atom stereocenters. The van der Waals surface area contributed by atoms with Crippen LogP contribution in [0.15, 0.2) is 24.3 Å². The lowest BCUT2D eigenvalue weighted by atomic mass is 9.95. The first-order valence-corrected chi connectivity index (χ1v) is 5.19. The van der Waals surface area contributed by atoms with E-state index in [1.165, 1.54) is 5.56 Å². The predicted molar refractivity (Wildman–Crippen MR) is 57.6 cm³/mol. The summed E-state index contributed by atoms with van der Waals surface area (Å²) < 4.78 is 5.79. The Balaban J connectivity index is 2.23. The van der Waals surface area contributed by atoms with E-state index < -0.39 is 0 Å². The van der Waals surface area contributed by atoms with E-state index in [-0.39, 0.29) is 5.60 Å². The number of rotatable bonds is 1. The molecule has 1 fully saturated rings. The van der Waals surface area contributed by atoms with E-state index >= 15 is 0 Å². The maximum absolute atomic E-state index is 5.84. The maximum Gasteiger partial charge on any atom is 0.103 e. The van der Waals surface area contributed by atoms with Crippen molar-refractivity contribution in [3.05, 3.63) is 34.9 Å². The molecular weight excluding hydrogens is 198 g/mol. The van der Waals surface area contributed by atoms with Gasteiger partial charge in [-0.05, 0) is 24.6 Å². The van der Waals surface area contributed by atoms with Crippen LogP contribution in [0.5, 0.6) is 0 Å². The van der Waals surface area contributed by atoms with Crippen LogP contribution in [0.3, 0.4) is 0 Å². The van der Waals surface area contributed by atoms with Crippen molar-refractivity contribution in [2.75, 3.05) is 19.7 Å². The molecule has 0 aromatic heterocycles. The summed E-state index contributed by atoms with van der Waals surface area (Å²) >= 11 is 5.84. The summed E-state index contributed by atoms with van der Waals surface area (Å²) in [5, 5.41) is 4.10. The SMILES string of the molecule is CC1(c2ccc(Cl)cc2)CNCCO1. The monoisotopic (exact) mass is 211 g/mol. The minimum absolute atomic E-state index is 0.206. The first-order valence-electron chi connectivity index (χ1n) is 4.81. The normalized spacial score (nSPS) is 27.6. The zero-order chi connectivity index (χ0) is 10.0. The molecule has 0 amide bonds. The van der Waals surface area contributed by atoms with Gasteiger partial charge in [0.15, 0.2) is 0 Å². The Morgan fingerprint density at radius 2 is 2.07 bits per heavy atom. The quantitative estimate of drug-likeness (QED) is 0.769. The van der Waals surface area contributed by atoms with E-state index in [2.05, 4.69) is 12.2 Å². The van der Waals surface area contributed by atoms with Gasteiger partial charge in [-0.1, -0.05) is 23.7 Å². The fraction of sp³-hybridized carbons (Fsp3) is 0.455. The molecule has 76 valence electrons. The van der Waals surface area contributed by atoms with Gasteiger partial charge in [0.1, 0.15) is 5.60 Å². The Bertz CT molecular complexity index is 304. The summed E-state index contributed by atoms with van der Waals surface area (Å²) in [6.07, 6.45) is 0. The summed E-state index contributed by atoms with van der Waals surface area (Å²) in [4.78, 5) is 0. The number of morpholine rings is 1. The van der Waals surface area contributed by atoms with Crippen LogP contribution in [0.2, 0.25) is 5.02 Å². The molecule has 1 heterocycles. The van der Waals surface area contributed by atoms with Gasteiger partial charge in [-0.25, -0.2) is 0 Å². The van der Waals surface area contributed by atoms with Crippen molar-refractivity contribution in [3.63, 3.8) is 0 Å². The minimum Gasteiger partial charge on any atom is -0.368 e. The first-order chi connectivity index (χ1) is 6.71. The second-order valence-corrected chi connectivity index (χ2v) is 4.20. The Hall–Kier alpha value is -0.570. The van der Waals surface area contributed by atoms with E-state index in [0.717, 1.165) is 24.7 Å². The molecule has 1 atom stereocenters. The molecule has 1 saturated heterocycles. The fourth-order valence-electron chi connectivity index (χ4n) is 1.71. The van der Waals surface area contributed by atoms with Crippen LogP contribution in [0.25, 0.3) is 0 Å². The Labute approximate surface area is 89.2 Å². The van der Waals surface area contributed by atoms with Crippen molar-refractivity contribution in [3.8, 4) is 0 Å². The highest BCUT2D eigenvalue weighted by Gasteiger charge is 2.29. The molecule has 2 rings (SSSR count). The Morgan fingerprint density at radius 3 is 2.64 bits per heavy atom. The largest absolute Gasteiger partial charge is 0.368 e. The Morgan fingerprint density at radius 1 is 1.36 bits per heavy atom. The van der Waals surface area contributed by atoms with Gasteiger partial charge in [0, 0.05) is 18.1 Å². The molecule has 1 aromatic rings. The van der Waals surface area contributed by atoms with Crippen LogP contribution < -0.4 is 5.32 Å². The van der Waals surface area contributed by atoms with Gasteiger partial charge in [0.2, 0.25) is 0 Å². The van der Waals surface area contributed by atoms with Crippen LogP contribution in [0.4, 0.5) is 0 Å². The number of benzene rings is 1. The molecule has 0 saturated carbocycles. The molecule has 0 spiro atoms. The molecule has 14 heavy (non-hydrogen) atoms. The summed E-state index contributed by atoms with van der Waals surface area (Å²) in [5.74, 6) is 0. The molecule has 0 bridgehead atoms. The molecule has 1 aliphatic heterocycles. The summed E-state index contributed by atoms with van der Waals surface area (Å²) in [5.41, 5.74) is 0.970. The number of hydrogen-bond acceptors (Lipinski definition) is 2. The molecule has 1 N–H and O–H groups in total. The topological polar surface area (TPSA) is 21.3 Å². The second kappa shape index (κ2) is 3.89. The zero-order valence-corrected chi connectivity index (χ0v) is 8.97. The van der Waals surface area contributed by atoms with Crippen molar-refractivity contribution >= 4 is 11.6 Å². The number of ether oxygens (including phenoxy) is 1. The lowest BCUT2D eigenvalue weighted by molar-refractivity contribution is -0.0572. The van der Waals surface area contributed by atoms with E-state index in [1.807, 2.05) is 24.3 Å². The van der Waals surface area contributed by atoms with Crippen molar-refractivity contribution in [1.29, 1.82) is 0 Å². The summed E-state index contributed by atoms with van der Waals surface area (Å²) in [7, 11) is 0. The fourth-order valence-corrected chi connectivity index (χ4v) is 1.84. The first kappa shape index (κ1) is 9.97. The Kier molecular flexibility index (Phi) is 2.77. The zero-order valence-electron chi connectivity index (χ0n) is 8.22.